The molecule has 1 atom stereocenters. The lowest BCUT2D eigenvalue weighted by Crippen LogP contribution is -2.47. The predicted octanol–water partition coefficient (Wildman–Crippen LogP) is 8.00. The first-order chi connectivity index (χ1) is 43.3. The molecule has 2 aromatic carbocycles. The van der Waals surface area contributed by atoms with Crippen molar-refractivity contribution in [2.45, 2.75) is 68.6 Å². The lowest BCUT2D eigenvalue weighted by atomic mass is 10.0. The fourth-order valence-electron chi connectivity index (χ4n) is 10.4. The van der Waals surface area contributed by atoms with Gasteiger partial charge in [-0.15, -0.1) is 0 Å². The van der Waals surface area contributed by atoms with Crippen molar-refractivity contribution in [3.63, 3.8) is 0 Å². The molecule has 25 nitrogen and oxygen atoms in total. The van der Waals surface area contributed by atoms with Crippen LogP contribution in [-0.2, 0) is 32.0 Å². The fourth-order valence-corrected chi connectivity index (χ4v) is 11.2. The van der Waals surface area contributed by atoms with Crippen molar-refractivity contribution in [2.24, 2.45) is 0 Å². The monoisotopic (exact) mass is 1230 g/mol. The van der Waals surface area contributed by atoms with Crippen LogP contribution in [0.1, 0.15) is 61.1 Å². The highest BCUT2D eigenvalue weighted by molar-refractivity contribution is 7.99. The minimum absolute atomic E-state index is 0.0538. The van der Waals surface area contributed by atoms with Crippen molar-refractivity contribution in [1.82, 2.24) is 94.4 Å². The number of nitrogens with zero attached hydrogens (tertiary/aromatic N) is 22. The number of anilines is 9. The number of alkyl halides is 3. The van der Waals surface area contributed by atoms with Crippen molar-refractivity contribution < 1.29 is 13.2 Å². The van der Waals surface area contributed by atoms with E-state index in [1.165, 1.54) is 5.56 Å². The summed E-state index contributed by atoms with van der Waals surface area (Å²) in [5.74, 6) is 4.80. The lowest BCUT2D eigenvalue weighted by Gasteiger charge is -2.39. The van der Waals surface area contributed by atoms with E-state index in [9.17, 15) is 13.2 Å². The zero-order valence-electron chi connectivity index (χ0n) is 49.9. The highest BCUT2D eigenvalue weighted by atomic mass is 32.2. The molecule has 10 heterocycles. The molecule has 3 aliphatic rings. The zero-order valence-corrected chi connectivity index (χ0v) is 50.7. The van der Waals surface area contributed by atoms with Crippen LogP contribution in [0.15, 0.2) is 113 Å². The Hall–Kier alpha value is -9.32. The van der Waals surface area contributed by atoms with Crippen LogP contribution in [-0.4, -0.2) is 181 Å². The summed E-state index contributed by atoms with van der Waals surface area (Å²) in [6.07, 6.45) is 4.23. The number of piperazine rings is 3. The Labute approximate surface area is 516 Å². The van der Waals surface area contributed by atoms with Crippen molar-refractivity contribution in [3.05, 3.63) is 138 Å². The minimum Gasteiger partial charge on any atom is -0.338 e. The van der Waals surface area contributed by atoms with E-state index in [1.807, 2.05) is 62.5 Å². The van der Waals surface area contributed by atoms with Crippen molar-refractivity contribution >= 4 is 65.3 Å². The van der Waals surface area contributed by atoms with Gasteiger partial charge in [0.2, 0.25) is 53.5 Å². The van der Waals surface area contributed by atoms with Gasteiger partial charge >= 0.3 is 6.18 Å². The van der Waals surface area contributed by atoms with Crippen LogP contribution in [0, 0.1) is 0 Å². The van der Waals surface area contributed by atoms with Gasteiger partial charge in [-0.05, 0) is 55.6 Å². The van der Waals surface area contributed by atoms with E-state index >= 15 is 0 Å². The second kappa shape index (κ2) is 27.0. The summed E-state index contributed by atoms with van der Waals surface area (Å²) < 4.78 is 42.0. The number of aryl methyl sites for hydroxylation is 3. The van der Waals surface area contributed by atoms with E-state index in [0.29, 0.717) is 135 Å². The topological polar surface area (TPSA) is 262 Å². The van der Waals surface area contributed by atoms with Gasteiger partial charge in [0.15, 0.2) is 5.69 Å². The molecular weight excluding hydrogens is 1160 g/mol. The second-order valence-corrected chi connectivity index (χ2v) is 22.8. The molecule has 3 aliphatic heterocycles. The third-order valence-corrected chi connectivity index (χ3v) is 16.3. The molecule has 458 valence electrons. The molecular formula is C60H66F3N25S. The molecule has 0 bridgehead atoms. The van der Waals surface area contributed by atoms with Gasteiger partial charge < -0.3 is 19.6 Å². The first kappa shape index (κ1) is 60.0. The molecule has 7 aromatic heterocycles. The summed E-state index contributed by atoms with van der Waals surface area (Å²) in [5, 5.41) is 9.29. The Morgan fingerprint density at radius 1 is 0.483 bits per heavy atom. The standard InChI is InChI=1S/C60H66F3N25S/c1-6-48-71-54(80-57(74-48)86-26-21-83(4)22-27-86)77-51-66-34-42(35-67-51)89-41-16-12-15-40(31-41)46-37-88(28-23-84(46)5)59-76-50(8-3)72-55(82-59)78-52-64-20-19-44(68-52)43-18-17-38(33-65-43)36-85-24-29-87(30-25-85)58-75-49(7-2)73-56(81-58)79-53-69-45(39-13-10-9-11-14-39)32-47(70-53)60(61,62)63/h9-20,31-35,46H,6-8,21-30,36-37H2,1-5H3,(H,64,68,72,76,78,82)(H,66,67,71,74,77,80)(H,69,70,73,75,79,81). The Morgan fingerprint density at radius 2 is 1.07 bits per heavy atom. The SMILES string of the molecule is CCc1nc(Nc2ncc(Sc3cccc(C4CN(c5nc(CC)nc(Nc6nccc(-c7ccc(CN8CCN(c9nc(CC)nc(Nc%10nc(-c%11ccccc%11)cc(C(F)(F)F)n%10)n9)CC8)cn7)n6)n5)CCN4C)c3)cn2)nc(N2CCN(C)CC2)n1. The van der Waals surface area contributed by atoms with E-state index in [4.69, 9.17) is 34.9 Å². The number of pyridine rings is 1. The summed E-state index contributed by atoms with van der Waals surface area (Å²) in [4.78, 5) is 89.2. The summed E-state index contributed by atoms with van der Waals surface area (Å²) in [6.45, 7) is 15.0. The van der Waals surface area contributed by atoms with Gasteiger partial charge in [0.05, 0.1) is 23.1 Å². The summed E-state index contributed by atoms with van der Waals surface area (Å²) in [5.41, 5.74) is 3.05. The molecule has 0 radical (unpaired) electrons. The summed E-state index contributed by atoms with van der Waals surface area (Å²) in [7, 11) is 4.27. The van der Waals surface area contributed by atoms with Gasteiger partial charge in [-0.25, -0.2) is 29.9 Å². The number of aromatic nitrogens is 16. The molecule has 0 amide bonds. The molecule has 12 rings (SSSR count). The summed E-state index contributed by atoms with van der Waals surface area (Å²) >= 11 is 1.60. The predicted molar refractivity (Wildman–Crippen MR) is 333 cm³/mol. The number of likely N-dealkylation sites (N-methyl/N-ethyl adjacent to an activating group) is 2. The minimum atomic E-state index is -4.69. The number of halogens is 3. The molecule has 3 fully saturated rings. The molecule has 0 aliphatic carbocycles. The van der Waals surface area contributed by atoms with Crippen molar-refractivity contribution in [3.8, 4) is 22.6 Å². The quantitative estimate of drug-likeness (QED) is 0.0692. The molecule has 89 heavy (non-hydrogen) atoms. The smallest absolute Gasteiger partial charge is 0.338 e. The number of hydrogen-bond donors (Lipinski definition) is 3. The Balaban J connectivity index is 0.651. The number of hydrogen-bond acceptors (Lipinski definition) is 26. The maximum atomic E-state index is 14.0. The van der Waals surface area contributed by atoms with E-state index in [2.05, 4.69) is 124 Å². The van der Waals surface area contributed by atoms with Crippen LogP contribution >= 0.6 is 11.8 Å². The Bertz CT molecular complexity index is 3870. The molecule has 3 N–H and O–H groups in total. The molecule has 9 aromatic rings. The molecule has 1 unspecified atom stereocenters. The lowest BCUT2D eigenvalue weighted by molar-refractivity contribution is -0.141. The largest absolute Gasteiger partial charge is 0.433 e. The van der Waals surface area contributed by atoms with Crippen molar-refractivity contribution in [1.29, 1.82) is 0 Å². The second-order valence-electron chi connectivity index (χ2n) is 21.6. The first-order valence-corrected chi connectivity index (χ1v) is 30.4. The third-order valence-electron chi connectivity index (χ3n) is 15.3. The maximum absolute atomic E-state index is 14.0. The highest BCUT2D eigenvalue weighted by Crippen LogP contribution is 2.35. The van der Waals surface area contributed by atoms with Gasteiger partial charge in [-0.2, -0.15) is 58.0 Å². The van der Waals surface area contributed by atoms with Gasteiger partial charge in [-0.3, -0.25) is 30.7 Å². The van der Waals surface area contributed by atoms with E-state index in [-0.39, 0.29) is 23.6 Å². The van der Waals surface area contributed by atoms with E-state index in [1.54, 1.807) is 48.3 Å². The fraction of sp³-hybridized carbons (Fsp3) is 0.367. The van der Waals surface area contributed by atoms with Crippen LogP contribution in [0.3, 0.4) is 0 Å². The van der Waals surface area contributed by atoms with Gasteiger partial charge in [0.1, 0.15) is 17.5 Å². The third kappa shape index (κ3) is 15.0. The molecule has 0 saturated carbocycles. The number of nitrogens with one attached hydrogen (secondary N) is 3. The maximum Gasteiger partial charge on any atom is 0.433 e. The Morgan fingerprint density at radius 3 is 1.69 bits per heavy atom. The Kier molecular flexibility index (Phi) is 18.2. The average Bonchev–Trinajstić information content (AvgIpc) is 3.16. The summed E-state index contributed by atoms with van der Waals surface area (Å²) in [6, 6.07) is 24.0. The van der Waals surface area contributed by atoms with Gasteiger partial charge in [0, 0.05) is 138 Å². The zero-order chi connectivity index (χ0) is 61.4. The normalized spacial score (nSPS) is 16.2. The van der Waals surface area contributed by atoms with Gasteiger partial charge in [0.25, 0.3) is 0 Å². The van der Waals surface area contributed by atoms with Crippen LogP contribution in [0.2, 0.25) is 0 Å². The van der Waals surface area contributed by atoms with E-state index in [0.717, 1.165) is 60.7 Å². The number of benzene rings is 2. The van der Waals surface area contributed by atoms with Crippen LogP contribution < -0.4 is 30.7 Å². The van der Waals surface area contributed by atoms with E-state index < -0.39 is 11.9 Å². The number of rotatable bonds is 19. The molecule has 3 saturated heterocycles. The highest BCUT2D eigenvalue weighted by Gasteiger charge is 2.34. The first-order valence-electron chi connectivity index (χ1n) is 29.6. The van der Waals surface area contributed by atoms with Crippen molar-refractivity contribution in [2.75, 3.05) is 117 Å². The molecule has 0 spiro atoms. The average molecular weight is 1230 g/mol. The van der Waals surface area contributed by atoms with Crippen LogP contribution in [0.25, 0.3) is 22.6 Å². The van der Waals surface area contributed by atoms with Gasteiger partial charge in [-0.1, -0.05) is 81.1 Å². The van der Waals surface area contributed by atoms with Crippen LogP contribution in [0.4, 0.5) is 66.7 Å². The molecule has 29 heteroatoms. The van der Waals surface area contributed by atoms with Crippen LogP contribution in [0.5, 0.6) is 0 Å².